The highest BCUT2D eigenvalue weighted by atomic mass is 19.4. The smallest absolute Gasteiger partial charge is 0.406 e. The van der Waals surface area contributed by atoms with Crippen LogP contribution in [0.1, 0.15) is 52.5 Å². The fraction of sp³-hybridized carbons (Fsp3) is 0.452. The number of nitrogens with one attached hydrogen (secondary N) is 3. The lowest BCUT2D eigenvalue weighted by molar-refractivity contribution is -0.139. The molecule has 2 amide bonds. The number of amides is 2. The highest BCUT2D eigenvalue weighted by Gasteiger charge is 2.32. The van der Waals surface area contributed by atoms with Gasteiger partial charge in [-0.1, -0.05) is 18.8 Å². The van der Waals surface area contributed by atoms with Gasteiger partial charge < -0.3 is 30.2 Å². The molecule has 12 heteroatoms. The number of aromatic nitrogens is 2. The van der Waals surface area contributed by atoms with Crippen LogP contribution in [0.2, 0.25) is 0 Å². The maximum absolute atomic E-state index is 13.5. The zero-order chi connectivity index (χ0) is 31.3. The van der Waals surface area contributed by atoms with E-state index in [0.717, 1.165) is 30.2 Å². The van der Waals surface area contributed by atoms with E-state index in [-0.39, 0.29) is 46.9 Å². The lowest BCUT2D eigenvalue weighted by Gasteiger charge is -2.37. The van der Waals surface area contributed by atoms with Gasteiger partial charge in [-0.2, -0.15) is 13.2 Å². The molecule has 1 aromatic heterocycles. The molecule has 3 aromatic rings. The van der Waals surface area contributed by atoms with E-state index in [1.165, 1.54) is 20.2 Å². The first kappa shape index (κ1) is 31.7. The number of rotatable bonds is 8. The summed E-state index contributed by atoms with van der Waals surface area (Å²) in [7, 11) is 7.13. The second-order valence-corrected chi connectivity index (χ2v) is 11.0. The number of benzene rings is 2. The topological polar surface area (TPSA) is 101 Å². The molecule has 0 saturated heterocycles. The normalized spacial score (nSPS) is 18.6. The van der Waals surface area contributed by atoms with Crippen LogP contribution in [0, 0.1) is 17.8 Å². The standard InChI is InChI=1S/C31H37F3N6O3/c1-19-13-22(39(3)4)9-10-24(19)38-30(42)23-14-20(15-26-28(23)37-18-40(26)17-31(32,33)34)7-6-12-36-25-16-21(29(41)35-2)8-11-27(25)43-5/h8,11,14-16,18-19,22,24,36H,9-10,12-13,17H2,1-5H3,(H,35,41)(H,38,42)/t19-,22+,24-/m1/s1. The molecule has 3 N–H and O–H groups in total. The Morgan fingerprint density at radius 3 is 2.58 bits per heavy atom. The molecule has 1 fully saturated rings. The molecule has 2 aromatic carbocycles. The largest absolute Gasteiger partial charge is 0.495 e. The summed E-state index contributed by atoms with van der Waals surface area (Å²) in [6, 6.07) is 8.39. The fourth-order valence-electron chi connectivity index (χ4n) is 5.44. The minimum Gasteiger partial charge on any atom is -0.495 e. The molecule has 1 aliphatic rings. The van der Waals surface area contributed by atoms with E-state index < -0.39 is 12.7 Å². The fourth-order valence-corrected chi connectivity index (χ4v) is 5.44. The summed E-state index contributed by atoms with van der Waals surface area (Å²) in [4.78, 5) is 31.9. The van der Waals surface area contributed by atoms with E-state index in [0.29, 0.717) is 28.6 Å². The molecule has 1 heterocycles. The van der Waals surface area contributed by atoms with Crippen LogP contribution in [-0.2, 0) is 6.54 Å². The number of methoxy groups -OCH3 is 1. The predicted molar refractivity (Wildman–Crippen MR) is 159 cm³/mol. The van der Waals surface area contributed by atoms with Gasteiger partial charge in [0.2, 0.25) is 0 Å². The van der Waals surface area contributed by atoms with Gasteiger partial charge in [0.05, 0.1) is 36.7 Å². The average Bonchev–Trinajstić information content (AvgIpc) is 3.36. The first-order chi connectivity index (χ1) is 20.4. The van der Waals surface area contributed by atoms with Crippen LogP contribution >= 0.6 is 0 Å². The maximum atomic E-state index is 13.5. The number of imidazole rings is 1. The summed E-state index contributed by atoms with van der Waals surface area (Å²) in [5, 5.41) is 8.78. The SMILES string of the molecule is CNC(=O)c1ccc(OC)c(NCC#Cc2cc(C(=O)N[C@@H]3CC[C@H](N(C)C)C[C@H]3C)c3ncn(CC(F)(F)F)c3c2)c1. The Kier molecular flexibility index (Phi) is 9.86. The van der Waals surface area contributed by atoms with E-state index in [1.807, 2.05) is 14.1 Å². The molecular weight excluding hydrogens is 561 g/mol. The van der Waals surface area contributed by atoms with Gasteiger partial charge in [0.1, 0.15) is 17.8 Å². The Labute approximate surface area is 249 Å². The molecule has 0 radical (unpaired) electrons. The van der Waals surface area contributed by atoms with E-state index >= 15 is 0 Å². The molecule has 9 nitrogen and oxygen atoms in total. The lowest BCUT2D eigenvalue weighted by atomic mass is 9.82. The predicted octanol–water partition coefficient (Wildman–Crippen LogP) is 4.28. The molecule has 0 aliphatic heterocycles. The van der Waals surface area contributed by atoms with Crippen molar-refractivity contribution in [3.8, 4) is 17.6 Å². The van der Waals surface area contributed by atoms with Crippen molar-refractivity contribution < 1.29 is 27.5 Å². The van der Waals surface area contributed by atoms with Crippen LogP contribution in [0.15, 0.2) is 36.7 Å². The van der Waals surface area contributed by atoms with E-state index in [4.69, 9.17) is 4.74 Å². The molecule has 4 rings (SSSR count). The van der Waals surface area contributed by atoms with Crippen molar-refractivity contribution in [1.82, 2.24) is 25.1 Å². The van der Waals surface area contributed by atoms with Crippen molar-refractivity contribution in [2.45, 2.75) is 51.0 Å². The van der Waals surface area contributed by atoms with Gasteiger partial charge in [-0.15, -0.1) is 0 Å². The Morgan fingerprint density at radius 1 is 1.16 bits per heavy atom. The molecule has 0 bridgehead atoms. The summed E-state index contributed by atoms with van der Waals surface area (Å²) in [5.74, 6) is 6.01. The maximum Gasteiger partial charge on any atom is 0.406 e. The third kappa shape index (κ3) is 7.78. The Bertz CT molecular complexity index is 1540. The zero-order valence-corrected chi connectivity index (χ0v) is 24.9. The summed E-state index contributed by atoms with van der Waals surface area (Å²) >= 11 is 0. The number of carbonyl (C=O) groups excluding carboxylic acids is 2. The number of fused-ring (bicyclic) bond motifs is 1. The van der Waals surface area contributed by atoms with E-state index in [9.17, 15) is 22.8 Å². The first-order valence-electron chi connectivity index (χ1n) is 14.1. The highest BCUT2D eigenvalue weighted by Crippen LogP contribution is 2.29. The van der Waals surface area contributed by atoms with Crippen LogP contribution < -0.4 is 20.7 Å². The Balaban J connectivity index is 1.60. The van der Waals surface area contributed by atoms with Crippen molar-refractivity contribution in [3.63, 3.8) is 0 Å². The third-order valence-corrected chi connectivity index (χ3v) is 7.80. The van der Waals surface area contributed by atoms with Gasteiger partial charge in [0.15, 0.2) is 0 Å². The summed E-state index contributed by atoms with van der Waals surface area (Å²) in [6.07, 6.45) is -0.692. The van der Waals surface area contributed by atoms with Gasteiger partial charge in [0.25, 0.3) is 11.8 Å². The monoisotopic (exact) mass is 598 g/mol. The average molecular weight is 599 g/mol. The van der Waals surface area contributed by atoms with Crippen LogP contribution in [0.4, 0.5) is 18.9 Å². The lowest BCUT2D eigenvalue weighted by Crippen LogP contribution is -2.46. The minimum atomic E-state index is -4.47. The zero-order valence-electron chi connectivity index (χ0n) is 24.9. The van der Waals surface area contributed by atoms with Crippen LogP contribution in [0.3, 0.4) is 0 Å². The summed E-state index contributed by atoms with van der Waals surface area (Å²) in [6.45, 7) is 1.00. The van der Waals surface area contributed by atoms with Crippen LogP contribution in [0.25, 0.3) is 11.0 Å². The molecule has 230 valence electrons. The number of alkyl halides is 3. The number of anilines is 1. The summed E-state index contributed by atoms with van der Waals surface area (Å²) in [5.41, 5.74) is 1.90. The molecule has 0 spiro atoms. The van der Waals surface area contributed by atoms with Crippen molar-refractivity contribution in [2.75, 3.05) is 40.1 Å². The minimum absolute atomic E-state index is 0.0597. The number of hydrogen-bond donors (Lipinski definition) is 3. The van der Waals surface area contributed by atoms with Gasteiger partial charge in [-0.25, -0.2) is 4.98 Å². The molecule has 3 atom stereocenters. The quantitative estimate of drug-likeness (QED) is 0.335. The highest BCUT2D eigenvalue weighted by molar-refractivity contribution is 6.05. The molecule has 0 unspecified atom stereocenters. The van der Waals surface area contributed by atoms with Crippen molar-refractivity contribution in [1.29, 1.82) is 0 Å². The second kappa shape index (κ2) is 13.4. The van der Waals surface area contributed by atoms with Gasteiger partial charge >= 0.3 is 6.18 Å². The van der Waals surface area contributed by atoms with Crippen molar-refractivity contribution in [3.05, 3.63) is 53.3 Å². The molecule has 43 heavy (non-hydrogen) atoms. The van der Waals surface area contributed by atoms with Crippen molar-refractivity contribution in [2.24, 2.45) is 5.92 Å². The van der Waals surface area contributed by atoms with Gasteiger partial charge in [-0.05, 0) is 69.6 Å². The number of ether oxygens (including phenoxy) is 1. The van der Waals surface area contributed by atoms with E-state index in [2.05, 4.69) is 44.6 Å². The molecular formula is C31H37F3N6O3. The Hall–Kier alpha value is -4.24. The van der Waals surface area contributed by atoms with E-state index in [1.54, 1.807) is 24.3 Å². The number of hydrogen-bond acceptors (Lipinski definition) is 6. The molecule has 1 aliphatic carbocycles. The summed E-state index contributed by atoms with van der Waals surface area (Å²) < 4.78 is 46.3. The number of carbonyl (C=O) groups is 2. The Morgan fingerprint density at radius 2 is 1.93 bits per heavy atom. The number of nitrogens with zero attached hydrogens (tertiary/aromatic N) is 3. The van der Waals surface area contributed by atoms with Gasteiger partial charge in [0, 0.05) is 30.3 Å². The first-order valence-corrected chi connectivity index (χ1v) is 14.1. The molecule has 1 saturated carbocycles. The van der Waals surface area contributed by atoms with Crippen molar-refractivity contribution >= 4 is 28.5 Å². The van der Waals surface area contributed by atoms with Gasteiger partial charge in [-0.3, -0.25) is 9.59 Å². The second-order valence-electron chi connectivity index (χ2n) is 11.0. The van der Waals surface area contributed by atoms with Crippen LogP contribution in [-0.4, -0.2) is 79.3 Å². The van der Waals surface area contributed by atoms with Crippen LogP contribution in [0.5, 0.6) is 5.75 Å². The number of halogens is 3. The third-order valence-electron chi connectivity index (χ3n) is 7.80.